The van der Waals surface area contributed by atoms with E-state index in [4.69, 9.17) is 11.6 Å². The minimum Gasteiger partial charge on any atom is -0.386 e. The Bertz CT molecular complexity index is 1030. The predicted octanol–water partition coefficient (Wildman–Crippen LogP) is 4.91. The van der Waals surface area contributed by atoms with Gasteiger partial charge in [-0.2, -0.15) is 8.78 Å². The lowest BCUT2D eigenvalue weighted by molar-refractivity contribution is 0.104. The van der Waals surface area contributed by atoms with Crippen LogP contribution < -0.4 is 16.9 Å². The zero-order valence-electron chi connectivity index (χ0n) is 18.6. The van der Waals surface area contributed by atoms with Crippen molar-refractivity contribution in [2.75, 3.05) is 11.9 Å². The SMILES string of the molecule is CC.N/C(=N\N(N)CC(O)c1ccccc1)c1ccccc1Nc1ccc(C(F)(F)P)cc1. The Labute approximate surface area is 195 Å². The normalized spacial score (nSPS) is 12.4. The number of halogens is 2. The van der Waals surface area contributed by atoms with Crippen LogP contribution in [0.1, 0.15) is 36.6 Å². The molecule has 0 heterocycles. The maximum Gasteiger partial charge on any atom is 0.283 e. The highest BCUT2D eigenvalue weighted by Crippen LogP contribution is 2.35. The molecule has 0 aliphatic rings. The van der Waals surface area contributed by atoms with Gasteiger partial charge in [0, 0.05) is 22.5 Å². The lowest BCUT2D eigenvalue weighted by Crippen LogP contribution is -2.33. The van der Waals surface area contributed by atoms with Crippen LogP contribution in [0, 0.1) is 0 Å². The van der Waals surface area contributed by atoms with Crippen LogP contribution >= 0.6 is 9.24 Å². The molecule has 0 saturated carbocycles. The molecule has 0 fully saturated rings. The summed E-state index contributed by atoms with van der Waals surface area (Å²) in [5.74, 6) is 6.06. The van der Waals surface area contributed by atoms with Crippen LogP contribution in [0.2, 0.25) is 0 Å². The van der Waals surface area contributed by atoms with Crippen LogP contribution in [0.3, 0.4) is 0 Å². The minimum absolute atomic E-state index is 0.0466. The van der Waals surface area contributed by atoms with Gasteiger partial charge in [-0.1, -0.05) is 77.7 Å². The number of para-hydroxylation sites is 1. The molecule has 0 radical (unpaired) electrons. The molecule has 9 heteroatoms. The van der Waals surface area contributed by atoms with Crippen molar-refractivity contribution in [2.24, 2.45) is 16.7 Å². The van der Waals surface area contributed by atoms with Gasteiger partial charge in [0.05, 0.1) is 12.6 Å². The number of aliphatic hydroxyl groups excluding tert-OH is 1. The number of hydrogen-bond acceptors (Lipinski definition) is 5. The largest absolute Gasteiger partial charge is 0.386 e. The molecule has 0 saturated heterocycles. The van der Waals surface area contributed by atoms with E-state index in [9.17, 15) is 13.9 Å². The molecule has 0 amide bonds. The summed E-state index contributed by atoms with van der Waals surface area (Å²) in [7, 11) is 1.52. The Hall–Kier alpha value is -3.06. The molecule has 0 bridgehead atoms. The molecule has 0 aliphatic carbocycles. The summed E-state index contributed by atoms with van der Waals surface area (Å²) in [5, 5.41) is 18.7. The summed E-state index contributed by atoms with van der Waals surface area (Å²) in [4.78, 5) is 0. The first-order valence-corrected chi connectivity index (χ1v) is 11.0. The molecule has 3 rings (SSSR count). The Balaban J connectivity index is 0.00000187. The molecule has 2 atom stereocenters. The Morgan fingerprint density at radius 3 is 2.21 bits per heavy atom. The van der Waals surface area contributed by atoms with E-state index in [1.807, 2.05) is 38.1 Å². The fourth-order valence-corrected chi connectivity index (χ4v) is 3.13. The van der Waals surface area contributed by atoms with Crippen LogP contribution in [0.4, 0.5) is 20.2 Å². The summed E-state index contributed by atoms with van der Waals surface area (Å²) in [6.07, 6.45) is -0.829. The number of hydrazone groups is 1. The number of aliphatic hydroxyl groups is 1. The van der Waals surface area contributed by atoms with Gasteiger partial charge < -0.3 is 16.2 Å². The van der Waals surface area contributed by atoms with Crippen molar-refractivity contribution in [2.45, 2.75) is 25.6 Å². The van der Waals surface area contributed by atoms with E-state index in [0.717, 1.165) is 5.12 Å². The van der Waals surface area contributed by atoms with Gasteiger partial charge in [-0.05, 0) is 29.8 Å². The molecular formula is C24H30F2N5OP. The van der Waals surface area contributed by atoms with Crippen molar-refractivity contribution in [3.63, 3.8) is 0 Å². The molecule has 2 unspecified atom stereocenters. The highest BCUT2D eigenvalue weighted by atomic mass is 31.0. The molecule has 0 spiro atoms. The molecule has 0 aromatic heterocycles. The van der Waals surface area contributed by atoms with Gasteiger partial charge in [0.2, 0.25) is 0 Å². The number of hydrogen-bond donors (Lipinski definition) is 4. The van der Waals surface area contributed by atoms with Gasteiger partial charge in [0.25, 0.3) is 5.66 Å². The van der Waals surface area contributed by atoms with Crippen LogP contribution in [0.15, 0.2) is 84.0 Å². The maximum absolute atomic E-state index is 13.4. The van der Waals surface area contributed by atoms with Gasteiger partial charge in [0.1, 0.15) is 0 Å². The number of nitrogens with two attached hydrogens (primary N) is 2. The average molecular weight is 474 g/mol. The average Bonchev–Trinajstić information content (AvgIpc) is 2.81. The molecule has 0 aliphatic heterocycles. The Morgan fingerprint density at radius 2 is 1.61 bits per heavy atom. The van der Waals surface area contributed by atoms with Crippen molar-refractivity contribution in [3.05, 3.63) is 95.6 Å². The number of rotatable bonds is 8. The second-order valence-electron chi connectivity index (χ2n) is 6.90. The summed E-state index contributed by atoms with van der Waals surface area (Å²) in [5.41, 5.74) is 5.60. The van der Waals surface area contributed by atoms with E-state index in [-0.39, 0.29) is 17.9 Å². The van der Waals surface area contributed by atoms with E-state index in [1.54, 1.807) is 42.5 Å². The number of anilines is 2. The fraction of sp³-hybridized carbons (Fsp3) is 0.208. The summed E-state index contributed by atoms with van der Waals surface area (Å²) in [6.45, 7) is 4.05. The summed E-state index contributed by atoms with van der Waals surface area (Å²) >= 11 is 0. The highest BCUT2D eigenvalue weighted by molar-refractivity contribution is 7.17. The number of benzene rings is 3. The smallest absolute Gasteiger partial charge is 0.283 e. The third kappa shape index (κ3) is 7.79. The van der Waals surface area contributed by atoms with Gasteiger partial charge in [-0.15, -0.1) is 5.10 Å². The monoisotopic (exact) mass is 473 g/mol. The molecular weight excluding hydrogens is 443 g/mol. The molecule has 6 N–H and O–H groups in total. The van der Waals surface area contributed by atoms with Gasteiger partial charge in [-0.3, -0.25) is 0 Å². The maximum atomic E-state index is 13.4. The van der Waals surface area contributed by atoms with E-state index in [0.29, 0.717) is 22.5 Å². The van der Waals surface area contributed by atoms with Crippen LogP contribution in [0.5, 0.6) is 0 Å². The first-order chi connectivity index (χ1) is 15.7. The first kappa shape index (κ1) is 26.2. The predicted molar refractivity (Wildman–Crippen MR) is 134 cm³/mol. The number of hydrazine groups is 1. The number of amidine groups is 1. The third-order valence-electron chi connectivity index (χ3n) is 4.53. The van der Waals surface area contributed by atoms with E-state index >= 15 is 0 Å². The van der Waals surface area contributed by atoms with Gasteiger partial charge in [0.15, 0.2) is 5.84 Å². The Morgan fingerprint density at radius 1 is 1.03 bits per heavy atom. The highest BCUT2D eigenvalue weighted by Gasteiger charge is 2.23. The number of alkyl halides is 2. The standard InChI is InChI=1S/C22H24F2N5OP.C2H6/c23-22(24,31)16-10-12-17(13-11-16)27-19-9-5-4-8-18(19)21(25)28-29(26)14-20(30)15-6-2-1-3-7-15;1-2/h1-13,20,27,30H,14,26,31H2,(H2,25,28);1-2H3. The first-order valence-electron chi connectivity index (χ1n) is 10.5. The molecule has 6 nitrogen and oxygen atoms in total. The van der Waals surface area contributed by atoms with Crippen LogP contribution in [-0.2, 0) is 5.66 Å². The van der Waals surface area contributed by atoms with Gasteiger partial charge in [-0.25, -0.2) is 11.0 Å². The zero-order valence-corrected chi connectivity index (χ0v) is 19.8. The summed E-state index contributed by atoms with van der Waals surface area (Å²) < 4.78 is 26.8. The fourth-order valence-electron chi connectivity index (χ4n) is 2.94. The van der Waals surface area contributed by atoms with Crippen molar-refractivity contribution < 1.29 is 13.9 Å². The number of nitrogens with one attached hydrogen (secondary N) is 1. The van der Waals surface area contributed by atoms with Crippen molar-refractivity contribution in [1.29, 1.82) is 0 Å². The van der Waals surface area contributed by atoms with Crippen molar-refractivity contribution in [1.82, 2.24) is 5.12 Å². The zero-order chi connectivity index (χ0) is 24.4. The van der Waals surface area contributed by atoms with Crippen LogP contribution in [-0.4, -0.2) is 22.6 Å². The minimum atomic E-state index is -2.98. The quantitative estimate of drug-likeness (QED) is 0.122. The van der Waals surface area contributed by atoms with Crippen LogP contribution in [0.25, 0.3) is 0 Å². The summed E-state index contributed by atoms with van der Waals surface area (Å²) in [6, 6.07) is 22.1. The molecule has 33 heavy (non-hydrogen) atoms. The lowest BCUT2D eigenvalue weighted by Gasteiger charge is -2.19. The van der Waals surface area contributed by atoms with E-state index < -0.39 is 11.8 Å². The van der Waals surface area contributed by atoms with E-state index in [1.165, 1.54) is 21.4 Å². The Kier molecular flexibility index (Phi) is 9.73. The number of nitrogens with zero attached hydrogens (tertiary/aromatic N) is 2. The van der Waals surface area contributed by atoms with Gasteiger partial charge >= 0.3 is 0 Å². The third-order valence-corrected chi connectivity index (χ3v) is 4.87. The molecule has 3 aromatic carbocycles. The van der Waals surface area contributed by atoms with Crippen molar-refractivity contribution in [3.8, 4) is 0 Å². The van der Waals surface area contributed by atoms with Crippen molar-refractivity contribution >= 4 is 26.5 Å². The van der Waals surface area contributed by atoms with E-state index in [2.05, 4.69) is 10.4 Å². The molecule has 3 aromatic rings. The topological polar surface area (TPSA) is 99.9 Å². The molecule has 176 valence electrons. The second-order valence-corrected chi connectivity index (χ2v) is 7.63. The lowest BCUT2D eigenvalue weighted by atomic mass is 10.1. The second kappa shape index (κ2) is 12.3.